The number of aliphatic carboxylic acids is 1. The highest BCUT2D eigenvalue weighted by atomic mass is 16.4. The van der Waals surface area contributed by atoms with Crippen LogP contribution in [0.1, 0.15) is 18.5 Å². The first-order valence-corrected chi connectivity index (χ1v) is 5.50. The van der Waals surface area contributed by atoms with Crippen LogP contribution in [0.15, 0.2) is 48.7 Å². The van der Waals surface area contributed by atoms with Gasteiger partial charge in [0, 0.05) is 12.6 Å². The monoisotopic (exact) mass is 231 g/mol. The lowest BCUT2D eigenvalue weighted by Crippen LogP contribution is -2.32. The number of hydrogen-bond acceptors (Lipinski definition) is 2. The maximum Gasteiger partial charge on any atom is 0.317 e. The molecule has 0 spiro atoms. The predicted molar refractivity (Wildman–Crippen MR) is 67.8 cm³/mol. The average molecular weight is 231 g/mol. The van der Waals surface area contributed by atoms with Gasteiger partial charge in [-0.1, -0.05) is 36.9 Å². The summed E-state index contributed by atoms with van der Waals surface area (Å²) in [5.74, 6) is -0.828. The first-order chi connectivity index (χ1) is 8.15. The van der Waals surface area contributed by atoms with Gasteiger partial charge < -0.3 is 5.11 Å². The first kappa shape index (κ1) is 13.2. The van der Waals surface area contributed by atoms with E-state index in [-0.39, 0.29) is 12.6 Å². The van der Waals surface area contributed by atoms with Crippen LogP contribution in [0.25, 0.3) is 0 Å². The van der Waals surface area contributed by atoms with E-state index in [1.165, 1.54) is 0 Å². The molecule has 0 aromatic heterocycles. The summed E-state index contributed by atoms with van der Waals surface area (Å²) >= 11 is 0. The number of benzene rings is 1. The fraction of sp³-hybridized carbons (Fsp3) is 0.286. The fourth-order valence-corrected chi connectivity index (χ4v) is 1.66. The van der Waals surface area contributed by atoms with Gasteiger partial charge in [-0.25, -0.2) is 0 Å². The van der Waals surface area contributed by atoms with Gasteiger partial charge in [0.05, 0.1) is 6.54 Å². The van der Waals surface area contributed by atoms with Gasteiger partial charge in [-0.2, -0.15) is 0 Å². The van der Waals surface area contributed by atoms with Crippen LogP contribution in [0, 0.1) is 0 Å². The highest BCUT2D eigenvalue weighted by Gasteiger charge is 2.16. The van der Waals surface area contributed by atoms with Gasteiger partial charge in [0.2, 0.25) is 0 Å². The topological polar surface area (TPSA) is 40.5 Å². The van der Waals surface area contributed by atoms with Crippen molar-refractivity contribution >= 4 is 5.97 Å². The molecule has 0 unspecified atom stereocenters. The highest BCUT2D eigenvalue weighted by molar-refractivity contribution is 5.69. The maximum atomic E-state index is 10.8. The molecule has 0 saturated heterocycles. The quantitative estimate of drug-likeness (QED) is 0.765. The minimum absolute atomic E-state index is 0.00818. The average Bonchev–Trinajstić information content (AvgIpc) is 2.34. The van der Waals surface area contributed by atoms with E-state index < -0.39 is 5.97 Å². The smallest absolute Gasteiger partial charge is 0.317 e. The highest BCUT2D eigenvalue weighted by Crippen LogP contribution is 2.19. The van der Waals surface area contributed by atoms with Crippen LogP contribution in [-0.4, -0.2) is 29.1 Å². The van der Waals surface area contributed by atoms with E-state index >= 15 is 0 Å². The van der Waals surface area contributed by atoms with Crippen molar-refractivity contribution in [2.24, 2.45) is 0 Å². The summed E-state index contributed by atoms with van der Waals surface area (Å²) in [5, 5.41) is 8.89. The van der Waals surface area contributed by atoms with Gasteiger partial charge in [-0.15, -0.1) is 5.73 Å². The molecule has 1 rings (SSSR count). The molecule has 0 radical (unpaired) electrons. The van der Waals surface area contributed by atoms with Crippen molar-refractivity contribution in [2.45, 2.75) is 13.0 Å². The zero-order valence-corrected chi connectivity index (χ0v) is 9.97. The molecule has 3 nitrogen and oxygen atoms in total. The summed E-state index contributed by atoms with van der Waals surface area (Å²) in [6.45, 7) is 6.03. The third-order valence-corrected chi connectivity index (χ3v) is 2.64. The zero-order chi connectivity index (χ0) is 12.7. The van der Waals surface area contributed by atoms with Gasteiger partial charge in [0.25, 0.3) is 0 Å². The van der Waals surface area contributed by atoms with Crippen molar-refractivity contribution in [3.05, 3.63) is 54.3 Å². The summed E-state index contributed by atoms with van der Waals surface area (Å²) in [5.41, 5.74) is 3.77. The third kappa shape index (κ3) is 4.27. The Labute approximate surface area is 102 Å². The normalized spacial score (nSPS) is 11.9. The van der Waals surface area contributed by atoms with E-state index in [1.54, 1.807) is 6.08 Å². The lowest BCUT2D eigenvalue weighted by atomic mass is 10.1. The van der Waals surface area contributed by atoms with E-state index in [0.717, 1.165) is 5.56 Å². The molecule has 1 N–H and O–H groups in total. The molecule has 0 saturated carbocycles. The minimum Gasteiger partial charge on any atom is -0.480 e. The standard InChI is InChI=1S/C14H17NO2/c1-3-4-10-15(11-14(16)17)12(2)13-8-6-5-7-9-13/h4-9,12H,1,10-11H2,2H3,(H,16,17)/t12-/m0/s1. The van der Waals surface area contributed by atoms with Gasteiger partial charge in [0.15, 0.2) is 0 Å². The third-order valence-electron chi connectivity index (χ3n) is 2.64. The summed E-state index contributed by atoms with van der Waals surface area (Å²) in [6, 6.07) is 9.90. The van der Waals surface area contributed by atoms with Gasteiger partial charge >= 0.3 is 5.97 Å². The lowest BCUT2D eigenvalue weighted by molar-refractivity contribution is -0.138. The molecule has 17 heavy (non-hydrogen) atoms. The van der Waals surface area contributed by atoms with E-state index in [9.17, 15) is 4.79 Å². The molecule has 0 fully saturated rings. The molecule has 0 aliphatic carbocycles. The van der Waals surface area contributed by atoms with Crippen molar-refractivity contribution in [1.29, 1.82) is 0 Å². The van der Waals surface area contributed by atoms with Gasteiger partial charge in [0.1, 0.15) is 0 Å². The molecular weight excluding hydrogens is 214 g/mol. The van der Waals surface area contributed by atoms with E-state index in [1.807, 2.05) is 42.2 Å². The van der Waals surface area contributed by atoms with Crippen molar-refractivity contribution in [2.75, 3.05) is 13.1 Å². The zero-order valence-electron chi connectivity index (χ0n) is 9.97. The Morgan fingerprint density at radius 2 is 2.18 bits per heavy atom. The van der Waals surface area contributed by atoms with E-state index in [0.29, 0.717) is 6.54 Å². The van der Waals surface area contributed by atoms with Crippen LogP contribution >= 0.6 is 0 Å². The number of hydrogen-bond donors (Lipinski definition) is 1. The number of rotatable bonds is 6. The Morgan fingerprint density at radius 1 is 1.53 bits per heavy atom. The van der Waals surface area contributed by atoms with Gasteiger partial charge in [-0.05, 0) is 18.6 Å². The Bertz CT molecular complexity index is 403. The van der Waals surface area contributed by atoms with Crippen molar-refractivity contribution in [3.63, 3.8) is 0 Å². The van der Waals surface area contributed by atoms with Crippen LogP contribution in [0.2, 0.25) is 0 Å². The summed E-state index contributed by atoms with van der Waals surface area (Å²) in [7, 11) is 0. The molecule has 0 heterocycles. The lowest BCUT2D eigenvalue weighted by Gasteiger charge is -2.26. The molecular formula is C14H17NO2. The fourth-order valence-electron chi connectivity index (χ4n) is 1.66. The number of carbonyl (C=O) groups is 1. The predicted octanol–water partition coefficient (Wildman–Crippen LogP) is 2.48. The molecule has 3 heteroatoms. The van der Waals surface area contributed by atoms with Crippen molar-refractivity contribution in [3.8, 4) is 0 Å². The second kappa shape index (κ2) is 6.69. The molecule has 0 aliphatic heterocycles. The summed E-state index contributed by atoms with van der Waals surface area (Å²) in [6.07, 6.45) is 1.74. The second-order valence-electron chi connectivity index (χ2n) is 3.82. The van der Waals surface area contributed by atoms with Crippen LogP contribution < -0.4 is 0 Å². The Balaban J connectivity index is 2.81. The largest absolute Gasteiger partial charge is 0.480 e. The SMILES string of the molecule is C=C=CCN(CC(=O)O)[C@@H](C)c1ccccc1. The molecule has 1 aromatic carbocycles. The van der Waals surface area contributed by atoms with Gasteiger partial charge in [-0.3, -0.25) is 9.69 Å². The van der Waals surface area contributed by atoms with Crippen LogP contribution in [0.4, 0.5) is 0 Å². The number of carboxylic acid groups (broad SMARTS) is 1. The van der Waals surface area contributed by atoms with Crippen molar-refractivity contribution in [1.82, 2.24) is 4.90 Å². The summed E-state index contributed by atoms with van der Waals surface area (Å²) in [4.78, 5) is 12.7. The number of carboxylic acids is 1. The Morgan fingerprint density at radius 3 is 2.71 bits per heavy atom. The molecule has 1 aromatic rings. The Hall–Kier alpha value is -1.83. The maximum absolute atomic E-state index is 10.8. The Kier molecular flexibility index (Phi) is 5.21. The van der Waals surface area contributed by atoms with E-state index in [4.69, 9.17) is 5.11 Å². The van der Waals surface area contributed by atoms with Crippen LogP contribution in [-0.2, 0) is 4.79 Å². The number of nitrogens with zero attached hydrogens (tertiary/aromatic N) is 1. The second-order valence-corrected chi connectivity index (χ2v) is 3.82. The summed E-state index contributed by atoms with van der Waals surface area (Å²) < 4.78 is 0. The molecule has 90 valence electrons. The molecule has 0 bridgehead atoms. The minimum atomic E-state index is -0.828. The molecule has 1 atom stereocenters. The van der Waals surface area contributed by atoms with E-state index in [2.05, 4.69) is 12.3 Å². The van der Waals surface area contributed by atoms with Crippen LogP contribution in [0.3, 0.4) is 0 Å². The first-order valence-electron chi connectivity index (χ1n) is 5.50. The molecule has 0 aliphatic rings. The molecule has 0 amide bonds. The van der Waals surface area contributed by atoms with Crippen LogP contribution in [0.5, 0.6) is 0 Å². The van der Waals surface area contributed by atoms with Crippen molar-refractivity contribution < 1.29 is 9.90 Å².